The third-order valence-electron chi connectivity index (χ3n) is 3.41. The highest BCUT2D eigenvalue weighted by Crippen LogP contribution is 2.21. The van der Waals surface area contributed by atoms with Gasteiger partial charge in [-0.25, -0.2) is 26.8 Å². The first-order valence-corrected chi connectivity index (χ1v) is 10.7. The van der Waals surface area contributed by atoms with Crippen molar-refractivity contribution in [2.45, 2.75) is 17.4 Å². The Bertz CT molecular complexity index is 912. The molecule has 25 heavy (non-hydrogen) atoms. The van der Waals surface area contributed by atoms with Gasteiger partial charge in [-0.05, 0) is 24.6 Å². The zero-order valence-corrected chi connectivity index (χ0v) is 15.2. The van der Waals surface area contributed by atoms with Crippen LogP contribution in [0.4, 0.5) is 0 Å². The SMILES string of the molecule is NS(=O)(=O)c1cc(C(=O)OCC(=O)NC2CCS(=O)(=O)C2)ccc1Cl. The second kappa shape index (κ2) is 7.28. The van der Waals surface area contributed by atoms with E-state index in [1.54, 1.807) is 0 Å². The Morgan fingerprint density at radius 3 is 2.60 bits per heavy atom. The molecule has 0 saturated carbocycles. The van der Waals surface area contributed by atoms with Crippen molar-refractivity contribution in [3.05, 3.63) is 28.8 Å². The number of esters is 1. The molecule has 1 saturated heterocycles. The van der Waals surface area contributed by atoms with E-state index in [-0.39, 0.29) is 22.1 Å². The van der Waals surface area contributed by atoms with Crippen LogP contribution in [0, 0.1) is 0 Å². The normalized spacial score (nSPS) is 19.4. The number of nitrogens with one attached hydrogen (secondary N) is 1. The molecule has 1 aliphatic rings. The lowest BCUT2D eigenvalue weighted by Crippen LogP contribution is -2.38. The molecule has 1 fully saturated rings. The number of halogens is 1. The number of benzene rings is 1. The lowest BCUT2D eigenvalue weighted by atomic mass is 10.2. The number of amides is 1. The van der Waals surface area contributed by atoms with Crippen molar-refractivity contribution in [3.8, 4) is 0 Å². The molecule has 3 N–H and O–H groups in total. The van der Waals surface area contributed by atoms with E-state index in [9.17, 15) is 26.4 Å². The molecule has 1 amide bonds. The van der Waals surface area contributed by atoms with Gasteiger partial charge in [0.1, 0.15) is 4.90 Å². The molecule has 1 heterocycles. The Balaban J connectivity index is 1.95. The Hall–Kier alpha value is -1.69. The Morgan fingerprint density at radius 1 is 1.36 bits per heavy atom. The molecule has 0 spiro atoms. The van der Waals surface area contributed by atoms with Gasteiger partial charge in [0.2, 0.25) is 10.0 Å². The van der Waals surface area contributed by atoms with E-state index in [1.165, 1.54) is 12.1 Å². The predicted octanol–water partition coefficient (Wildman–Crippen LogP) is -0.552. The number of hydrogen-bond donors (Lipinski definition) is 2. The minimum absolute atomic E-state index is 0.00114. The number of ether oxygens (including phenoxy) is 1. The summed E-state index contributed by atoms with van der Waals surface area (Å²) in [6, 6.07) is 2.82. The zero-order valence-electron chi connectivity index (χ0n) is 12.8. The Morgan fingerprint density at radius 2 is 2.04 bits per heavy atom. The number of nitrogens with two attached hydrogens (primary N) is 1. The molecule has 2 rings (SSSR count). The maximum absolute atomic E-state index is 11.9. The van der Waals surface area contributed by atoms with Crippen molar-refractivity contribution >= 4 is 43.3 Å². The number of rotatable bonds is 5. The number of carbonyl (C=O) groups is 2. The van der Waals surface area contributed by atoms with Gasteiger partial charge in [0.05, 0.1) is 22.1 Å². The molecule has 1 atom stereocenters. The van der Waals surface area contributed by atoms with Crippen molar-refractivity contribution in [1.29, 1.82) is 0 Å². The van der Waals surface area contributed by atoms with E-state index in [4.69, 9.17) is 21.5 Å². The number of carbonyl (C=O) groups excluding carboxylic acids is 2. The fourth-order valence-electron chi connectivity index (χ4n) is 2.24. The van der Waals surface area contributed by atoms with Crippen molar-refractivity contribution in [2.24, 2.45) is 5.14 Å². The summed E-state index contributed by atoms with van der Waals surface area (Å²) in [6.07, 6.45) is 0.303. The topological polar surface area (TPSA) is 150 Å². The van der Waals surface area contributed by atoms with Crippen molar-refractivity contribution in [1.82, 2.24) is 5.32 Å². The second-order valence-electron chi connectivity index (χ2n) is 5.43. The van der Waals surface area contributed by atoms with E-state index in [1.807, 2.05) is 0 Å². The predicted molar refractivity (Wildman–Crippen MR) is 88.3 cm³/mol. The first-order chi connectivity index (χ1) is 11.5. The van der Waals surface area contributed by atoms with E-state index in [0.717, 1.165) is 6.07 Å². The van der Waals surface area contributed by atoms with Crippen LogP contribution >= 0.6 is 11.6 Å². The molecule has 0 aromatic heterocycles. The smallest absolute Gasteiger partial charge is 0.338 e. The van der Waals surface area contributed by atoms with Crippen LogP contribution in [0.3, 0.4) is 0 Å². The molecule has 9 nitrogen and oxygen atoms in total. The highest BCUT2D eigenvalue weighted by atomic mass is 35.5. The minimum atomic E-state index is -4.12. The Labute approximate surface area is 149 Å². The van der Waals surface area contributed by atoms with Crippen LogP contribution in [0.25, 0.3) is 0 Å². The quantitative estimate of drug-likeness (QED) is 0.618. The summed E-state index contributed by atoms with van der Waals surface area (Å²) in [5.74, 6) is -1.76. The zero-order chi connectivity index (χ0) is 18.8. The van der Waals surface area contributed by atoms with Gasteiger partial charge < -0.3 is 10.1 Å². The second-order valence-corrected chi connectivity index (χ2v) is 9.60. The van der Waals surface area contributed by atoms with E-state index < -0.39 is 49.3 Å². The summed E-state index contributed by atoms with van der Waals surface area (Å²) in [7, 11) is -7.27. The largest absolute Gasteiger partial charge is 0.452 e. The summed E-state index contributed by atoms with van der Waals surface area (Å²) in [5, 5.41) is 7.28. The maximum Gasteiger partial charge on any atom is 0.338 e. The van der Waals surface area contributed by atoms with Crippen LogP contribution in [0.15, 0.2) is 23.1 Å². The Kier molecular flexibility index (Phi) is 5.72. The van der Waals surface area contributed by atoms with Gasteiger partial charge in [0.15, 0.2) is 16.4 Å². The van der Waals surface area contributed by atoms with Crippen LogP contribution in [0.1, 0.15) is 16.8 Å². The lowest BCUT2D eigenvalue weighted by Gasteiger charge is -2.11. The molecule has 1 unspecified atom stereocenters. The molecule has 0 bridgehead atoms. The monoisotopic (exact) mass is 410 g/mol. The van der Waals surface area contributed by atoms with Gasteiger partial charge in [0.25, 0.3) is 5.91 Å². The third kappa shape index (κ3) is 5.39. The highest BCUT2D eigenvalue weighted by Gasteiger charge is 2.29. The number of sulfone groups is 1. The van der Waals surface area contributed by atoms with Gasteiger partial charge in [-0.2, -0.15) is 0 Å². The first kappa shape index (κ1) is 19.6. The van der Waals surface area contributed by atoms with Crippen LogP contribution in [-0.4, -0.2) is 52.9 Å². The standard InChI is InChI=1S/C13H15ClN2O7S2/c14-10-2-1-8(5-11(10)25(15,21)22)13(18)23-6-12(17)16-9-3-4-24(19,20)7-9/h1-2,5,9H,3-4,6-7H2,(H,16,17)(H2,15,21,22). The van der Waals surface area contributed by atoms with Gasteiger partial charge in [-0.15, -0.1) is 0 Å². The molecule has 1 aliphatic heterocycles. The number of sulfonamides is 1. The maximum atomic E-state index is 11.9. The molecule has 138 valence electrons. The van der Waals surface area contributed by atoms with Crippen molar-refractivity contribution in [3.63, 3.8) is 0 Å². The minimum Gasteiger partial charge on any atom is -0.452 e. The van der Waals surface area contributed by atoms with Gasteiger partial charge in [-0.3, -0.25) is 4.79 Å². The molecule has 12 heteroatoms. The van der Waals surface area contributed by atoms with E-state index in [0.29, 0.717) is 6.42 Å². The van der Waals surface area contributed by atoms with E-state index in [2.05, 4.69) is 5.32 Å². The summed E-state index contributed by atoms with van der Waals surface area (Å²) in [4.78, 5) is 23.2. The lowest BCUT2D eigenvalue weighted by molar-refractivity contribution is -0.124. The van der Waals surface area contributed by atoms with Gasteiger partial charge >= 0.3 is 5.97 Å². The first-order valence-electron chi connectivity index (χ1n) is 6.97. The third-order valence-corrected chi connectivity index (χ3v) is 6.57. The molecular formula is C13H15ClN2O7S2. The summed E-state index contributed by atoms with van der Waals surface area (Å²) in [6.45, 7) is -0.636. The van der Waals surface area contributed by atoms with E-state index >= 15 is 0 Å². The average Bonchev–Trinajstić information content (AvgIpc) is 2.83. The molecule has 0 aliphatic carbocycles. The molecule has 0 radical (unpaired) electrons. The molecule has 1 aromatic carbocycles. The van der Waals surface area contributed by atoms with Gasteiger partial charge in [-0.1, -0.05) is 11.6 Å². The molecule has 1 aromatic rings. The number of primary sulfonamides is 1. The average molecular weight is 411 g/mol. The summed E-state index contributed by atoms with van der Waals surface area (Å²) in [5.41, 5.74) is -0.148. The fourth-order valence-corrected chi connectivity index (χ4v) is 4.99. The van der Waals surface area contributed by atoms with Crippen LogP contribution in [0.2, 0.25) is 5.02 Å². The van der Waals surface area contributed by atoms with Crippen LogP contribution in [-0.2, 0) is 29.4 Å². The van der Waals surface area contributed by atoms with Gasteiger partial charge in [0, 0.05) is 6.04 Å². The summed E-state index contributed by atoms with van der Waals surface area (Å²) < 4.78 is 50.1. The van der Waals surface area contributed by atoms with Crippen molar-refractivity contribution in [2.75, 3.05) is 18.1 Å². The van der Waals surface area contributed by atoms with Crippen molar-refractivity contribution < 1.29 is 31.2 Å². The van der Waals surface area contributed by atoms with Crippen LogP contribution < -0.4 is 10.5 Å². The van der Waals surface area contributed by atoms with Crippen LogP contribution in [0.5, 0.6) is 0 Å². The molecular weight excluding hydrogens is 396 g/mol. The fraction of sp³-hybridized carbons (Fsp3) is 0.385. The highest BCUT2D eigenvalue weighted by molar-refractivity contribution is 7.91. The summed E-state index contributed by atoms with van der Waals surface area (Å²) >= 11 is 5.71. The number of hydrogen-bond acceptors (Lipinski definition) is 7.